The van der Waals surface area contributed by atoms with Crippen LogP contribution in [0.5, 0.6) is 5.75 Å². The van der Waals surface area contributed by atoms with E-state index in [1.54, 1.807) is 18.3 Å². The second-order valence-corrected chi connectivity index (χ2v) is 9.47. The summed E-state index contributed by atoms with van der Waals surface area (Å²) in [5.74, 6) is 0.494. The molecule has 4 rings (SSSR count). The molecule has 0 radical (unpaired) electrons. The van der Waals surface area contributed by atoms with Gasteiger partial charge in [0.05, 0.1) is 23.0 Å². The quantitative estimate of drug-likeness (QED) is 0.226. The highest BCUT2D eigenvalue weighted by Gasteiger charge is 2.34. The summed E-state index contributed by atoms with van der Waals surface area (Å²) in [6.07, 6.45) is -0.306. The number of rotatable bonds is 7. The first-order chi connectivity index (χ1) is 18.5. The molecule has 0 aliphatic carbocycles. The van der Waals surface area contributed by atoms with E-state index in [1.165, 1.54) is 18.5 Å². The fourth-order valence-electron chi connectivity index (χ4n) is 4.25. The smallest absolute Gasteiger partial charge is 0.421 e. The minimum absolute atomic E-state index is 0.0393. The minimum atomic E-state index is -4.76. The Morgan fingerprint density at radius 1 is 1.18 bits per heavy atom. The number of hydrogen-bond donors (Lipinski definition) is 0. The third kappa shape index (κ3) is 6.04. The topological polar surface area (TPSA) is 69.4 Å². The van der Waals surface area contributed by atoms with Crippen molar-refractivity contribution < 1.29 is 17.9 Å². The number of ether oxygens (including phenoxy) is 1. The highest BCUT2D eigenvalue weighted by molar-refractivity contribution is 6.31. The van der Waals surface area contributed by atoms with E-state index >= 15 is 0 Å². The molecular formula is C29H26ClF3N4O2. The van der Waals surface area contributed by atoms with Crippen LogP contribution in [0.25, 0.3) is 16.6 Å². The number of aromatic nitrogens is 3. The van der Waals surface area contributed by atoms with Crippen LogP contribution in [-0.4, -0.2) is 20.7 Å². The Bertz CT molecular complexity index is 1660. The molecule has 0 unspecified atom stereocenters. The molecule has 0 bridgehead atoms. The molecule has 0 saturated carbocycles. The van der Waals surface area contributed by atoms with Crippen molar-refractivity contribution in [1.82, 2.24) is 14.5 Å². The van der Waals surface area contributed by atoms with Crippen molar-refractivity contribution in [2.24, 2.45) is 4.99 Å². The molecule has 0 amide bonds. The number of para-hydroxylation sites is 1. The first-order valence-corrected chi connectivity index (χ1v) is 12.5. The Morgan fingerprint density at radius 3 is 2.64 bits per heavy atom. The lowest BCUT2D eigenvalue weighted by molar-refractivity contribution is -0.138. The normalized spacial score (nSPS) is 11.8. The van der Waals surface area contributed by atoms with Gasteiger partial charge >= 0.3 is 6.18 Å². The lowest BCUT2D eigenvalue weighted by Crippen LogP contribution is -2.28. The van der Waals surface area contributed by atoms with Crippen LogP contribution >= 0.6 is 11.6 Å². The predicted molar refractivity (Wildman–Crippen MR) is 147 cm³/mol. The van der Waals surface area contributed by atoms with Gasteiger partial charge in [-0.3, -0.25) is 14.8 Å². The van der Waals surface area contributed by atoms with Crippen LogP contribution in [0.1, 0.15) is 48.8 Å². The zero-order chi connectivity index (χ0) is 28.3. The van der Waals surface area contributed by atoms with Crippen LogP contribution in [0.2, 0.25) is 5.02 Å². The molecule has 0 aliphatic heterocycles. The van der Waals surface area contributed by atoms with Gasteiger partial charge in [0.15, 0.2) is 0 Å². The molecule has 0 N–H and O–H groups in total. The van der Waals surface area contributed by atoms with Crippen LogP contribution in [0.15, 0.2) is 70.2 Å². The Balaban J connectivity index is 1.72. The van der Waals surface area contributed by atoms with Crippen molar-refractivity contribution in [3.05, 3.63) is 104 Å². The number of allylic oxidation sites excluding steroid dienone is 1. The van der Waals surface area contributed by atoms with Gasteiger partial charge in [0.1, 0.15) is 23.4 Å². The summed E-state index contributed by atoms with van der Waals surface area (Å²) in [6.45, 7) is 7.48. The first kappa shape index (κ1) is 28.0. The van der Waals surface area contributed by atoms with Gasteiger partial charge in [0.2, 0.25) is 0 Å². The van der Waals surface area contributed by atoms with Crippen LogP contribution in [-0.2, 0) is 19.3 Å². The number of pyridine rings is 3. The molecule has 4 aromatic rings. The van der Waals surface area contributed by atoms with Crippen molar-refractivity contribution in [3.8, 4) is 5.75 Å². The second kappa shape index (κ2) is 11.4. The highest BCUT2D eigenvalue weighted by atomic mass is 35.5. The second-order valence-electron chi connectivity index (χ2n) is 9.06. The Hall–Kier alpha value is -3.98. The molecule has 1 aromatic carbocycles. The minimum Gasteiger partial charge on any atom is -0.486 e. The van der Waals surface area contributed by atoms with E-state index < -0.39 is 17.3 Å². The van der Waals surface area contributed by atoms with Gasteiger partial charge < -0.3 is 9.30 Å². The van der Waals surface area contributed by atoms with Crippen LogP contribution in [0, 0.1) is 6.92 Å². The predicted octanol–water partition coefficient (Wildman–Crippen LogP) is 7.24. The monoisotopic (exact) mass is 554 g/mol. The maximum Gasteiger partial charge on any atom is 0.421 e. The van der Waals surface area contributed by atoms with Gasteiger partial charge in [0.25, 0.3) is 5.56 Å². The maximum atomic E-state index is 13.3. The Morgan fingerprint density at radius 2 is 1.95 bits per heavy atom. The molecule has 0 fully saturated rings. The van der Waals surface area contributed by atoms with E-state index in [9.17, 15) is 18.0 Å². The van der Waals surface area contributed by atoms with Gasteiger partial charge in [-0.15, -0.1) is 0 Å². The van der Waals surface area contributed by atoms with Crippen LogP contribution in [0.3, 0.4) is 0 Å². The molecule has 0 spiro atoms. The van der Waals surface area contributed by atoms with Crippen molar-refractivity contribution >= 4 is 34.4 Å². The zero-order valence-corrected chi connectivity index (χ0v) is 22.6. The highest BCUT2D eigenvalue weighted by Crippen LogP contribution is 2.33. The summed E-state index contributed by atoms with van der Waals surface area (Å²) in [5, 5.41) is 1.17. The van der Waals surface area contributed by atoms with Gasteiger partial charge in [-0.25, -0.2) is 4.98 Å². The molecule has 6 nitrogen and oxygen atoms in total. The molecule has 39 heavy (non-hydrogen) atoms. The number of hydrogen-bond acceptors (Lipinski definition) is 5. The molecule has 202 valence electrons. The summed E-state index contributed by atoms with van der Waals surface area (Å²) in [5.41, 5.74) is 2.58. The average Bonchev–Trinajstić information content (AvgIpc) is 2.87. The van der Waals surface area contributed by atoms with Gasteiger partial charge in [-0.05, 0) is 58.0 Å². The van der Waals surface area contributed by atoms with Gasteiger partial charge in [-0.2, -0.15) is 13.2 Å². The zero-order valence-electron chi connectivity index (χ0n) is 21.8. The number of aliphatic imine (C=N–C) groups is 1. The summed E-state index contributed by atoms with van der Waals surface area (Å²) in [4.78, 5) is 26.0. The van der Waals surface area contributed by atoms with E-state index in [-0.39, 0.29) is 13.2 Å². The summed E-state index contributed by atoms with van der Waals surface area (Å²) >= 11 is 6.46. The number of alkyl halides is 3. The summed E-state index contributed by atoms with van der Waals surface area (Å²) in [6, 6.07) is 11.0. The van der Waals surface area contributed by atoms with Gasteiger partial charge in [0, 0.05) is 40.8 Å². The average molecular weight is 555 g/mol. The lowest BCUT2D eigenvalue weighted by atomic mass is 10.0. The molecular weight excluding hydrogens is 529 g/mol. The van der Waals surface area contributed by atoms with Crippen molar-refractivity contribution in [3.63, 3.8) is 0 Å². The van der Waals surface area contributed by atoms with E-state index in [1.807, 2.05) is 45.9 Å². The van der Waals surface area contributed by atoms with Crippen LogP contribution in [0.4, 0.5) is 13.2 Å². The van der Waals surface area contributed by atoms with E-state index in [2.05, 4.69) is 9.98 Å². The number of benzene rings is 1. The van der Waals surface area contributed by atoms with Crippen LogP contribution < -0.4 is 10.3 Å². The largest absolute Gasteiger partial charge is 0.486 e. The fraction of sp³-hybridized carbons (Fsp3) is 0.241. The third-order valence-corrected chi connectivity index (χ3v) is 6.38. The third-order valence-electron chi connectivity index (χ3n) is 6.02. The van der Waals surface area contributed by atoms with Crippen molar-refractivity contribution in [2.75, 3.05) is 0 Å². The lowest BCUT2D eigenvalue weighted by Gasteiger charge is -2.16. The SMILES string of the molecule is CC=NC(=C(C)C)c1cc(C)nc2c(OCc3c(Cl)ccnc3Cn3cccc(C(F)(F)F)c3=O)cccc12. The van der Waals surface area contributed by atoms with E-state index in [0.29, 0.717) is 27.5 Å². The molecule has 0 atom stereocenters. The molecule has 10 heteroatoms. The standard InChI is InChI=1S/C29H26ClF3N4O2/c1-5-34-26(17(2)3)20-14-18(4)36-27-19(20)8-6-10-25(27)39-16-21-23(30)11-12-35-24(21)15-37-13-7-9-22(28(37)38)29(31,32)33/h5-14H,15-16H2,1-4H3. The van der Waals surface area contributed by atoms with Crippen molar-refractivity contribution in [1.29, 1.82) is 0 Å². The summed E-state index contributed by atoms with van der Waals surface area (Å²) in [7, 11) is 0. The van der Waals surface area contributed by atoms with E-state index in [4.69, 9.17) is 21.3 Å². The Labute approximate surface area is 228 Å². The molecule has 0 aliphatic rings. The van der Waals surface area contributed by atoms with E-state index in [0.717, 1.165) is 38.5 Å². The first-order valence-electron chi connectivity index (χ1n) is 12.1. The Kier molecular flexibility index (Phi) is 8.20. The molecule has 3 aromatic heterocycles. The van der Waals surface area contributed by atoms with Gasteiger partial charge in [-0.1, -0.05) is 29.3 Å². The van der Waals surface area contributed by atoms with Crippen molar-refractivity contribution in [2.45, 2.75) is 47.0 Å². The summed E-state index contributed by atoms with van der Waals surface area (Å²) < 4.78 is 46.9. The molecule has 0 saturated heterocycles. The molecule has 3 heterocycles. The number of halogens is 4. The number of fused-ring (bicyclic) bond motifs is 1. The number of nitrogens with zero attached hydrogens (tertiary/aromatic N) is 4. The maximum absolute atomic E-state index is 13.3. The fourth-order valence-corrected chi connectivity index (χ4v) is 4.47. The number of aryl methyl sites for hydroxylation is 1.